The van der Waals surface area contributed by atoms with E-state index in [9.17, 15) is 9.59 Å². The van der Waals surface area contributed by atoms with Crippen LogP contribution in [0.25, 0.3) is 10.9 Å². The van der Waals surface area contributed by atoms with Gasteiger partial charge in [-0.3, -0.25) is 19.2 Å². The van der Waals surface area contributed by atoms with E-state index in [1.165, 1.54) is 0 Å². The first kappa shape index (κ1) is 28.3. The summed E-state index contributed by atoms with van der Waals surface area (Å²) in [4.78, 5) is 32.5. The summed E-state index contributed by atoms with van der Waals surface area (Å²) in [7, 11) is 1.70. The molecule has 3 aromatic rings. The normalized spacial score (nSPS) is 23.0. The van der Waals surface area contributed by atoms with Gasteiger partial charge in [-0.2, -0.15) is 0 Å². The molecule has 2 bridgehead atoms. The Balaban J connectivity index is 1.59. The predicted octanol–water partition coefficient (Wildman–Crippen LogP) is 6.40. The molecule has 2 aliphatic rings. The van der Waals surface area contributed by atoms with Crippen LogP contribution < -0.4 is 4.74 Å². The molecule has 0 spiro atoms. The molecule has 5 rings (SSSR count). The minimum atomic E-state index is -0.599. The number of piperidine rings is 1. The molecule has 8 nitrogen and oxygen atoms in total. The zero-order valence-corrected chi connectivity index (χ0v) is 24.7. The molecule has 0 aliphatic carbocycles. The van der Waals surface area contributed by atoms with E-state index in [0.29, 0.717) is 24.8 Å². The van der Waals surface area contributed by atoms with E-state index in [1.54, 1.807) is 31.0 Å². The highest BCUT2D eigenvalue weighted by atomic mass is 16.6. The van der Waals surface area contributed by atoms with Crippen molar-refractivity contribution in [2.45, 2.75) is 97.1 Å². The fourth-order valence-electron chi connectivity index (χ4n) is 6.72. The number of aryl methyl sites for hydroxylation is 1. The van der Waals surface area contributed by atoms with E-state index < -0.39 is 11.7 Å². The Labute approximate surface area is 236 Å². The number of benzene rings is 1. The van der Waals surface area contributed by atoms with Gasteiger partial charge in [0.05, 0.1) is 30.0 Å². The topological polar surface area (TPSA) is 82.9 Å². The monoisotopic (exact) mass is 547 g/mol. The van der Waals surface area contributed by atoms with E-state index >= 15 is 0 Å². The summed E-state index contributed by atoms with van der Waals surface area (Å²) in [6.45, 7) is 12.5. The van der Waals surface area contributed by atoms with Gasteiger partial charge in [-0.1, -0.05) is 0 Å². The summed E-state index contributed by atoms with van der Waals surface area (Å²) < 4.78 is 19.4. The smallest absolute Gasteiger partial charge is 0.419 e. The first-order valence-corrected chi connectivity index (χ1v) is 14.2. The minimum Gasteiger partial charge on any atom is -0.496 e. The van der Waals surface area contributed by atoms with Gasteiger partial charge in [0.25, 0.3) is 0 Å². The zero-order valence-electron chi connectivity index (χ0n) is 24.7. The van der Waals surface area contributed by atoms with Crippen molar-refractivity contribution in [2.24, 2.45) is 0 Å². The minimum absolute atomic E-state index is 0.00910. The fourth-order valence-corrected chi connectivity index (χ4v) is 6.72. The van der Waals surface area contributed by atoms with Gasteiger partial charge in [-0.15, -0.1) is 0 Å². The lowest BCUT2D eigenvalue weighted by atomic mass is 9.82. The van der Waals surface area contributed by atoms with Crippen molar-refractivity contribution in [3.63, 3.8) is 0 Å². The van der Waals surface area contributed by atoms with Crippen LogP contribution in [-0.4, -0.2) is 57.8 Å². The van der Waals surface area contributed by atoms with Gasteiger partial charge >= 0.3 is 6.09 Å². The second-order valence-corrected chi connectivity index (χ2v) is 12.2. The molecule has 3 atom stereocenters. The lowest BCUT2D eigenvalue weighted by molar-refractivity contribution is -0.0608. The van der Waals surface area contributed by atoms with Crippen molar-refractivity contribution in [1.82, 2.24) is 14.5 Å². The van der Waals surface area contributed by atoms with Crippen LogP contribution in [0.4, 0.5) is 4.79 Å². The maximum atomic E-state index is 13.1. The second kappa shape index (κ2) is 10.6. The Hall–Kier alpha value is -3.23. The van der Waals surface area contributed by atoms with E-state index in [0.717, 1.165) is 59.2 Å². The third-order valence-electron chi connectivity index (χ3n) is 8.40. The van der Waals surface area contributed by atoms with Gasteiger partial charge in [0.15, 0.2) is 5.78 Å². The van der Waals surface area contributed by atoms with Crippen molar-refractivity contribution in [1.29, 1.82) is 0 Å². The Kier molecular flexibility index (Phi) is 7.52. The van der Waals surface area contributed by atoms with Crippen molar-refractivity contribution in [2.75, 3.05) is 13.7 Å². The Morgan fingerprint density at radius 2 is 1.98 bits per heavy atom. The molecule has 214 valence electrons. The summed E-state index contributed by atoms with van der Waals surface area (Å²) in [5, 5.41) is 0.976. The van der Waals surface area contributed by atoms with Crippen LogP contribution in [0, 0.1) is 6.92 Å². The number of carbonyl (C=O) groups excluding carboxylic acids is 2. The maximum absolute atomic E-state index is 13.1. The highest BCUT2D eigenvalue weighted by molar-refractivity contribution is 5.95. The average molecular weight is 548 g/mol. The number of hydrogen-bond acceptors (Lipinski definition) is 7. The molecule has 2 saturated heterocycles. The number of ketones is 1. The van der Waals surface area contributed by atoms with Gasteiger partial charge in [0.2, 0.25) is 0 Å². The predicted molar refractivity (Wildman–Crippen MR) is 154 cm³/mol. The standard InChI is InChI=1S/C32H41N3O5/c1-8-39-24-16-23-11-13-32(17-24,28-10-9-22(18-33-28)21(3)36)35(23)19-26-25-12-14-34(30(37)40-31(4,5)6)29(25)20(2)15-27(26)38-7/h9-10,12,14-15,18,23-24H,8,11,13,16-17,19H2,1-7H3/t23-,24+,32?/m1/s1. The Morgan fingerprint density at radius 1 is 1.20 bits per heavy atom. The first-order chi connectivity index (χ1) is 19.0. The largest absolute Gasteiger partial charge is 0.496 e. The van der Waals surface area contributed by atoms with Gasteiger partial charge in [0, 0.05) is 48.1 Å². The summed E-state index contributed by atoms with van der Waals surface area (Å²) >= 11 is 0. The number of ether oxygens (including phenoxy) is 3. The number of pyridine rings is 1. The molecule has 0 radical (unpaired) electrons. The van der Waals surface area contributed by atoms with E-state index in [-0.39, 0.29) is 17.4 Å². The Morgan fingerprint density at radius 3 is 2.60 bits per heavy atom. The molecule has 0 amide bonds. The number of Topliss-reactive ketones (excluding diaryl/α,β-unsaturated/α-hetero) is 1. The SMILES string of the molecule is CCO[C@H]1C[C@H]2CCC(c3ccc(C(C)=O)cn3)(C1)N2Cc1c(OC)cc(C)c2c1ccn2C(=O)OC(C)(C)C. The van der Waals surface area contributed by atoms with Gasteiger partial charge in [0.1, 0.15) is 11.4 Å². The van der Waals surface area contributed by atoms with Crippen molar-refractivity contribution < 1.29 is 23.8 Å². The third-order valence-corrected chi connectivity index (χ3v) is 8.40. The number of hydrogen-bond donors (Lipinski definition) is 0. The first-order valence-electron chi connectivity index (χ1n) is 14.2. The lowest BCUT2D eigenvalue weighted by Crippen LogP contribution is -2.52. The third kappa shape index (κ3) is 5.03. The van der Waals surface area contributed by atoms with Crippen molar-refractivity contribution in [3.05, 3.63) is 59.0 Å². The molecule has 4 heterocycles. The van der Waals surface area contributed by atoms with Gasteiger partial charge < -0.3 is 14.2 Å². The summed E-state index contributed by atoms with van der Waals surface area (Å²) in [6, 6.07) is 8.22. The Bertz CT molecular complexity index is 1420. The fraction of sp³-hybridized carbons (Fsp3) is 0.531. The molecule has 40 heavy (non-hydrogen) atoms. The van der Waals surface area contributed by atoms with Crippen LogP contribution in [0.15, 0.2) is 36.7 Å². The van der Waals surface area contributed by atoms with Crippen LogP contribution in [0.5, 0.6) is 5.75 Å². The molecule has 0 saturated carbocycles. The number of aromatic nitrogens is 2. The highest BCUT2D eigenvalue weighted by Crippen LogP contribution is 2.52. The van der Waals surface area contributed by atoms with Crippen LogP contribution in [-0.2, 0) is 21.6 Å². The number of methoxy groups -OCH3 is 1. The number of fused-ring (bicyclic) bond motifs is 3. The van der Waals surface area contributed by atoms with Crippen molar-refractivity contribution in [3.8, 4) is 5.75 Å². The molecular weight excluding hydrogens is 506 g/mol. The summed E-state index contributed by atoms with van der Waals surface area (Å²) in [5.41, 5.74) is 3.48. The molecule has 2 aliphatic heterocycles. The molecule has 2 fully saturated rings. The molecule has 1 unspecified atom stereocenters. The molecule has 1 aromatic carbocycles. The van der Waals surface area contributed by atoms with Gasteiger partial charge in [-0.05, 0) is 97.1 Å². The van der Waals surface area contributed by atoms with Crippen LogP contribution in [0.2, 0.25) is 0 Å². The number of carbonyl (C=O) groups is 2. The molecular formula is C32H41N3O5. The molecule has 8 heteroatoms. The molecule has 2 aromatic heterocycles. The van der Waals surface area contributed by atoms with Crippen LogP contribution >= 0.6 is 0 Å². The second-order valence-electron chi connectivity index (χ2n) is 12.2. The van der Waals surface area contributed by atoms with E-state index in [1.807, 2.05) is 58.9 Å². The summed E-state index contributed by atoms with van der Waals surface area (Å²) in [6.07, 6.45) is 7.04. The lowest BCUT2D eigenvalue weighted by Gasteiger charge is -2.47. The maximum Gasteiger partial charge on any atom is 0.419 e. The quantitative estimate of drug-likeness (QED) is 0.317. The van der Waals surface area contributed by atoms with Crippen LogP contribution in [0.3, 0.4) is 0 Å². The highest BCUT2D eigenvalue weighted by Gasteiger charge is 2.54. The zero-order chi connectivity index (χ0) is 28.8. The van der Waals surface area contributed by atoms with E-state index in [4.69, 9.17) is 19.2 Å². The van der Waals surface area contributed by atoms with Gasteiger partial charge in [-0.25, -0.2) is 4.79 Å². The molecule has 0 N–H and O–H groups in total. The van der Waals surface area contributed by atoms with Crippen LogP contribution in [0.1, 0.15) is 87.5 Å². The number of rotatable bonds is 7. The van der Waals surface area contributed by atoms with Crippen molar-refractivity contribution >= 4 is 22.8 Å². The van der Waals surface area contributed by atoms with E-state index in [2.05, 4.69) is 4.90 Å². The number of nitrogens with zero attached hydrogens (tertiary/aromatic N) is 3. The average Bonchev–Trinajstić information content (AvgIpc) is 3.43. The summed E-state index contributed by atoms with van der Waals surface area (Å²) in [5.74, 6) is 0.808.